The number of benzene rings is 1. The van der Waals surface area contributed by atoms with E-state index in [2.05, 4.69) is 5.16 Å². The predicted molar refractivity (Wildman–Crippen MR) is 46.4 cm³/mol. The first kappa shape index (κ1) is 6.91. The zero-order valence-electron chi connectivity index (χ0n) is 6.40. The third kappa shape index (κ3) is 1.05. The summed E-state index contributed by atoms with van der Waals surface area (Å²) in [6.07, 6.45) is 1.43. The lowest BCUT2D eigenvalue weighted by molar-refractivity contribution is 0.423. The van der Waals surface area contributed by atoms with Crippen molar-refractivity contribution in [2.75, 3.05) is 5.73 Å². The van der Waals surface area contributed by atoms with E-state index in [1.165, 1.54) is 6.26 Å². The molecule has 0 unspecified atom stereocenters. The molecule has 12 heavy (non-hydrogen) atoms. The molecule has 1 aromatic carbocycles. The zero-order valence-corrected chi connectivity index (χ0v) is 6.40. The molecule has 0 saturated carbocycles. The van der Waals surface area contributed by atoms with Crippen LogP contribution in [0.2, 0.25) is 0 Å². The Morgan fingerprint density at radius 2 is 1.92 bits per heavy atom. The summed E-state index contributed by atoms with van der Waals surface area (Å²) in [5, 5.41) is 3.79. The van der Waals surface area contributed by atoms with Gasteiger partial charge in [0.15, 0.2) is 0 Å². The van der Waals surface area contributed by atoms with E-state index in [-0.39, 0.29) is 0 Å². The number of hydrogen-bond acceptors (Lipinski definition) is 3. The Balaban J connectivity index is 2.51. The second-order valence-corrected chi connectivity index (χ2v) is 2.48. The Hall–Kier alpha value is -1.77. The molecule has 0 bridgehead atoms. The minimum Gasteiger partial charge on any atom is -0.394 e. The molecule has 2 rings (SSSR count). The third-order valence-corrected chi connectivity index (χ3v) is 1.64. The predicted octanol–water partition coefficient (Wildman–Crippen LogP) is 1.92. The molecule has 0 amide bonds. The maximum Gasteiger partial charge on any atom is 0.147 e. The van der Waals surface area contributed by atoms with Gasteiger partial charge in [0.25, 0.3) is 0 Å². The van der Waals surface area contributed by atoms with Crippen LogP contribution in [-0.2, 0) is 0 Å². The first-order valence-corrected chi connectivity index (χ1v) is 3.63. The molecule has 2 aromatic rings. The Labute approximate surface area is 69.8 Å². The van der Waals surface area contributed by atoms with Crippen molar-refractivity contribution in [3.05, 3.63) is 36.6 Å². The third-order valence-electron chi connectivity index (χ3n) is 1.64. The minimum absolute atomic E-state index is 0.571. The van der Waals surface area contributed by atoms with Gasteiger partial charge in [0.05, 0.1) is 0 Å². The van der Waals surface area contributed by atoms with Gasteiger partial charge in [0, 0.05) is 5.56 Å². The minimum atomic E-state index is 0.571. The van der Waals surface area contributed by atoms with E-state index in [0.717, 1.165) is 5.56 Å². The van der Waals surface area contributed by atoms with Crippen LogP contribution in [0.3, 0.4) is 0 Å². The average molecular weight is 160 g/mol. The van der Waals surface area contributed by atoms with Gasteiger partial charge in [-0.05, 0) is 0 Å². The largest absolute Gasteiger partial charge is 0.394 e. The van der Waals surface area contributed by atoms with Crippen LogP contribution < -0.4 is 5.73 Å². The molecule has 3 nitrogen and oxygen atoms in total. The lowest BCUT2D eigenvalue weighted by atomic mass is 10.1. The summed E-state index contributed by atoms with van der Waals surface area (Å²) < 4.78 is 4.72. The van der Waals surface area contributed by atoms with Crippen LogP contribution in [0.5, 0.6) is 0 Å². The van der Waals surface area contributed by atoms with Gasteiger partial charge < -0.3 is 10.3 Å². The lowest BCUT2D eigenvalue weighted by Gasteiger charge is -1.94. The van der Waals surface area contributed by atoms with E-state index in [0.29, 0.717) is 11.4 Å². The molecule has 0 saturated heterocycles. The number of anilines is 1. The fourth-order valence-corrected chi connectivity index (χ4v) is 1.06. The summed E-state index contributed by atoms with van der Waals surface area (Å²) in [7, 11) is 0. The van der Waals surface area contributed by atoms with Crippen molar-refractivity contribution in [1.29, 1.82) is 0 Å². The lowest BCUT2D eigenvalue weighted by Crippen LogP contribution is -1.85. The Bertz CT molecular complexity index is 367. The molecule has 3 heteroatoms. The monoisotopic (exact) mass is 160 g/mol. The fraction of sp³-hybridized carbons (Fsp3) is 0. The highest BCUT2D eigenvalue weighted by molar-refractivity contribution is 5.70. The smallest absolute Gasteiger partial charge is 0.147 e. The zero-order chi connectivity index (χ0) is 8.39. The van der Waals surface area contributed by atoms with Crippen molar-refractivity contribution < 1.29 is 4.52 Å². The highest BCUT2D eigenvalue weighted by Crippen LogP contribution is 2.22. The van der Waals surface area contributed by atoms with Crippen molar-refractivity contribution in [2.24, 2.45) is 0 Å². The van der Waals surface area contributed by atoms with Crippen molar-refractivity contribution in [3.63, 3.8) is 0 Å². The molecule has 60 valence electrons. The Morgan fingerprint density at radius 3 is 2.50 bits per heavy atom. The number of rotatable bonds is 1. The summed E-state index contributed by atoms with van der Waals surface area (Å²) in [6, 6.07) is 9.69. The van der Waals surface area contributed by atoms with Gasteiger partial charge in [0.1, 0.15) is 17.6 Å². The molecule has 0 aliphatic carbocycles. The molecule has 0 spiro atoms. The summed E-state index contributed by atoms with van der Waals surface area (Å²) in [5.74, 6) is 0. The van der Waals surface area contributed by atoms with Gasteiger partial charge in [-0.1, -0.05) is 35.5 Å². The van der Waals surface area contributed by atoms with Crippen LogP contribution in [0.25, 0.3) is 11.3 Å². The van der Waals surface area contributed by atoms with E-state index in [4.69, 9.17) is 10.3 Å². The maximum absolute atomic E-state index is 5.62. The molecule has 0 aliphatic rings. The summed E-state index contributed by atoms with van der Waals surface area (Å²) in [6.45, 7) is 0. The van der Waals surface area contributed by atoms with Crippen LogP contribution in [-0.4, -0.2) is 5.16 Å². The average Bonchev–Trinajstić information content (AvgIpc) is 2.53. The molecular formula is C9H8N2O. The highest BCUT2D eigenvalue weighted by atomic mass is 16.5. The van der Waals surface area contributed by atoms with E-state index in [1.807, 2.05) is 30.3 Å². The molecular weight excluding hydrogens is 152 g/mol. The van der Waals surface area contributed by atoms with Crippen molar-refractivity contribution in [2.45, 2.75) is 0 Å². The van der Waals surface area contributed by atoms with Crippen LogP contribution in [0.1, 0.15) is 0 Å². The van der Waals surface area contributed by atoms with Gasteiger partial charge in [-0.15, -0.1) is 0 Å². The van der Waals surface area contributed by atoms with Gasteiger partial charge >= 0.3 is 0 Å². The molecule has 0 fully saturated rings. The van der Waals surface area contributed by atoms with Crippen molar-refractivity contribution >= 4 is 5.69 Å². The van der Waals surface area contributed by atoms with E-state index < -0.39 is 0 Å². The summed E-state index contributed by atoms with van der Waals surface area (Å²) in [5.41, 5.74) is 7.87. The van der Waals surface area contributed by atoms with Crippen LogP contribution in [0, 0.1) is 0 Å². The summed E-state index contributed by atoms with van der Waals surface area (Å²) >= 11 is 0. The first-order valence-electron chi connectivity index (χ1n) is 3.63. The highest BCUT2D eigenvalue weighted by Gasteiger charge is 2.04. The molecule has 0 atom stereocenters. The second kappa shape index (κ2) is 2.70. The van der Waals surface area contributed by atoms with Crippen LogP contribution in [0.15, 0.2) is 41.1 Å². The van der Waals surface area contributed by atoms with Crippen molar-refractivity contribution in [1.82, 2.24) is 5.16 Å². The van der Waals surface area contributed by atoms with E-state index >= 15 is 0 Å². The van der Waals surface area contributed by atoms with Crippen LogP contribution in [0.4, 0.5) is 5.69 Å². The number of aromatic nitrogens is 1. The molecule has 1 heterocycles. The standard InChI is InChI=1S/C9H8N2O/c10-8-6-12-11-9(8)7-4-2-1-3-5-7/h1-6H,10H2. The maximum atomic E-state index is 5.62. The van der Waals surface area contributed by atoms with Gasteiger partial charge in [-0.3, -0.25) is 0 Å². The fourth-order valence-electron chi connectivity index (χ4n) is 1.06. The number of nitrogens with two attached hydrogens (primary N) is 1. The topological polar surface area (TPSA) is 52.0 Å². The molecule has 0 radical (unpaired) electrons. The first-order chi connectivity index (χ1) is 5.88. The van der Waals surface area contributed by atoms with E-state index in [9.17, 15) is 0 Å². The van der Waals surface area contributed by atoms with E-state index in [1.54, 1.807) is 0 Å². The number of hydrogen-bond donors (Lipinski definition) is 1. The van der Waals surface area contributed by atoms with Gasteiger partial charge in [0.2, 0.25) is 0 Å². The van der Waals surface area contributed by atoms with Crippen molar-refractivity contribution in [3.8, 4) is 11.3 Å². The number of nitrogens with zero attached hydrogens (tertiary/aromatic N) is 1. The second-order valence-electron chi connectivity index (χ2n) is 2.48. The Morgan fingerprint density at radius 1 is 1.17 bits per heavy atom. The quantitative estimate of drug-likeness (QED) is 0.693. The summed E-state index contributed by atoms with van der Waals surface area (Å²) in [4.78, 5) is 0. The van der Waals surface area contributed by atoms with Gasteiger partial charge in [-0.2, -0.15) is 0 Å². The molecule has 2 N–H and O–H groups in total. The Kier molecular flexibility index (Phi) is 1.55. The van der Waals surface area contributed by atoms with Gasteiger partial charge in [-0.25, -0.2) is 0 Å². The normalized spacial score (nSPS) is 10.0. The van der Waals surface area contributed by atoms with Crippen LogP contribution >= 0.6 is 0 Å². The molecule has 1 aromatic heterocycles. The molecule has 0 aliphatic heterocycles. The number of nitrogen functional groups attached to an aromatic ring is 1. The SMILES string of the molecule is Nc1conc1-c1ccccc1.